The van der Waals surface area contributed by atoms with Crippen molar-refractivity contribution in [2.45, 2.75) is 18.2 Å². The number of ether oxygens (including phenoxy) is 3. The van der Waals surface area contributed by atoms with E-state index in [2.05, 4.69) is 0 Å². The zero-order valence-electron chi connectivity index (χ0n) is 7.81. The van der Waals surface area contributed by atoms with Crippen molar-refractivity contribution in [2.24, 2.45) is 5.73 Å². The van der Waals surface area contributed by atoms with Crippen LogP contribution in [0.2, 0.25) is 0 Å². The van der Waals surface area contributed by atoms with Gasteiger partial charge in [-0.3, -0.25) is 0 Å². The van der Waals surface area contributed by atoms with Crippen molar-refractivity contribution in [3.8, 4) is 0 Å². The molecule has 1 saturated heterocycles. The molecule has 0 aromatic rings. The molecule has 0 aromatic heterocycles. The summed E-state index contributed by atoms with van der Waals surface area (Å²) in [6, 6.07) is -0.282. The Bertz CT molecular complexity index is 140. The van der Waals surface area contributed by atoms with Crippen molar-refractivity contribution >= 4 is 0 Å². The van der Waals surface area contributed by atoms with E-state index in [1.807, 2.05) is 0 Å². The SMILES string of the molecule is COCC(N)C(CO)OC1COC1. The highest BCUT2D eigenvalue weighted by Gasteiger charge is 2.26. The highest BCUT2D eigenvalue weighted by molar-refractivity contribution is 4.76. The molecule has 1 aliphatic rings. The fourth-order valence-electron chi connectivity index (χ4n) is 1.12. The second-order valence-corrected chi connectivity index (χ2v) is 3.14. The van der Waals surface area contributed by atoms with Gasteiger partial charge in [0, 0.05) is 7.11 Å². The van der Waals surface area contributed by atoms with Crippen molar-refractivity contribution in [1.29, 1.82) is 0 Å². The molecule has 5 nitrogen and oxygen atoms in total. The second kappa shape index (κ2) is 5.51. The third-order valence-corrected chi connectivity index (χ3v) is 1.99. The highest BCUT2D eigenvalue weighted by atomic mass is 16.6. The Kier molecular flexibility index (Phi) is 4.61. The molecule has 5 heteroatoms. The van der Waals surface area contributed by atoms with Crippen molar-refractivity contribution in [2.75, 3.05) is 33.5 Å². The van der Waals surface area contributed by atoms with Gasteiger partial charge in [-0.25, -0.2) is 0 Å². The van der Waals surface area contributed by atoms with Crippen molar-refractivity contribution < 1.29 is 19.3 Å². The number of aliphatic hydroxyl groups is 1. The van der Waals surface area contributed by atoms with Gasteiger partial charge in [-0.05, 0) is 0 Å². The summed E-state index contributed by atoms with van der Waals surface area (Å²) in [7, 11) is 1.57. The average Bonchev–Trinajstić information content (AvgIpc) is 2.03. The van der Waals surface area contributed by atoms with Crippen LogP contribution in [0, 0.1) is 0 Å². The van der Waals surface area contributed by atoms with E-state index >= 15 is 0 Å². The number of methoxy groups -OCH3 is 1. The molecule has 0 aliphatic carbocycles. The molecule has 1 rings (SSSR count). The Morgan fingerprint density at radius 3 is 2.69 bits per heavy atom. The maximum atomic E-state index is 8.99. The van der Waals surface area contributed by atoms with Gasteiger partial charge in [0.2, 0.25) is 0 Å². The molecule has 0 spiro atoms. The van der Waals surface area contributed by atoms with E-state index in [1.165, 1.54) is 0 Å². The Labute approximate surface area is 77.8 Å². The molecule has 0 saturated carbocycles. The highest BCUT2D eigenvalue weighted by Crippen LogP contribution is 2.10. The quantitative estimate of drug-likeness (QED) is 0.548. The molecule has 1 fully saturated rings. The first-order chi connectivity index (χ1) is 6.27. The summed E-state index contributed by atoms with van der Waals surface area (Å²) in [5, 5.41) is 8.99. The molecular formula is C8H17NO4. The number of hydrogen-bond donors (Lipinski definition) is 2. The van der Waals surface area contributed by atoms with Gasteiger partial charge in [-0.15, -0.1) is 0 Å². The number of rotatable bonds is 6. The molecule has 0 amide bonds. The van der Waals surface area contributed by atoms with Crippen LogP contribution >= 0.6 is 0 Å². The predicted molar refractivity (Wildman–Crippen MR) is 46.4 cm³/mol. The summed E-state index contributed by atoms with van der Waals surface area (Å²) in [6.07, 6.45) is -0.270. The van der Waals surface area contributed by atoms with E-state index in [4.69, 9.17) is 25.1 Å². The first-order valence-corrected chi connectivity index (χ1v) is 4.36. The van der Waals surface area contributed by atoms with E-state index < -0.39 is 0 Å². The van der Waals surface area contributed by atoms with E-state index in [9.17, 15) is 0 Å². The van der Waals surface area contributed by atoms with E-state index in [0.717, 1.165) is 0 Å². The molecule has 3 N–H and O–H groups in total. The van der Waals surface area contributed by atoms with Gasteiger partial charge in [0.1, 0.15) is 6.10 Å². The Hall–Kier alpha value is -0.200. The van der Waals surface area contributed by atoms with Gasteiger partial charge < -0.3 is 25.1 Å². The molecule has 0 radical (unpaired) electrons. The van der Waals surface area contributed by atoms with Crippen LogP contribution in [-0.2, 0) is 14.2 Å². The smallest absolute Gasteiger partial charge is 0.105 e. The predicted octanol–water partition coefficient (Wildman–Crippen LogP) is -1.26. The molecule has 0 aromatic carbocycles. The van der Waals surface area contributed by atoms with Gasteiger partial charge in [0.05, 0.1) is 38.6 Å². The summed E-state index contributed by atoms with van der Waals surface area (Å²) in [5.41, 5.74) is 5.72. The zero-order valence-corrected chi connectivity index (χ0v) is 7.81. The minimum atomic E-state index is -0.353. The number of aliphatic hydroxyl groups excluding tert-OH is 1. The minimum Gasteiger partial charge on any atom is -0.394 e. The fraction of sp³-hybridized carbons (Fsp3) is 1.00. The number of hydrogen-bond acceptors (Lipinski definition) is 5. The monoisotopic (exact) mass is 191 g/mol. The van der Waals surface area contributed by atoms with Crippen LogP contribution in [0.3, 0.4) is 0 Å². The van der Waals surface area contributed by atoms with Crippen LogP contribution in [0.5, 0.6) is 0 Å². The van der Waals surface area contributed by atoms with Crippen LogP contribution in [0.1, 0.15) is 0 Å². The Morgan fingerprint density at radius 1 is 1.62 bits per heavy atom. The normalized spacial score (nSPS) is 22.4. The molecular weight excluding hydrogens is 174 g/mol. The molecule has 1 aliphatic heterocycles. The lowest BCUT2D eigenvalue weighted by molar-refractivity contribution is -0.168. The Balaban J connectivity index is 2.23. The average molecular weight is 191 g/mol. The minimum absolute atomic E-state index is 0.0823. The zero-order chi connectivity index (χ0) is 9.68. The summed E-state index contributed by atoms with van der Waals surface area (Å²) < 4.78 is 15.3. The van der Waals surface area contributed by atoms with Crippen molar-refractivity contribution in [3.05, 3.63) is 0 Å². The maximum absolute atomic E-state index is 8.99. The third kappa shape index (κ3) is 3.21. The molecule has 13 heavy (non-hydrogen) atoms. The molecule has 1 heterocycles. The molecule has 2 unspecified atom stereocenters. The van der Waals surface area contributed by atoms with E-state index in [-0.39, 0.29) is 24.9 Å². The van der Waals surface area contributed by atoms with Crippen LogP contribution in [0.15, 0.2) is 0 Å². The van der Waals surface area contributed by atoms with E-state index in [1.54, 1.807) is 7.11 Å². The van der Waals surface area contributed by atoms with Crippen molar-refractivity contribution in [3.63, 3.8) is 0 Å². The maximum Gasteiger partial charge on any atom is 0.105 e. The lowest BCUT2D eigenvalue weighted by Gasteiger charge is -2.32. The van der Waals surface area contributed by atoms with Crippen LogP contribution in [-0.4, -0.2) is 56.9 Å². The van der Waals surface area contributed by atoms with E-state index in [0.29, 0.717) is 19.8 Å². The summed E-state index contributed by atoms with van der Waals surface area (Å²) in [5.74, 6) is 0. The first-order valence-electron chi connectivity index (χ1n) is 4.36. The topological polar surface area (TPSA) is 73.9 Å². The summed E-state index contributed by atoms with van der Waals surface area (Å²) >= 11 is 0. The lowest BCUT2D eigenvalue weighted by atomic mass is 10.2. The molecule has 0 bridgehead atoms. The van der Waals surface area contributed by atoms with Crippen LogP contribution < -0.4 is 5.73 Å². The standard InChI is InChI=1S/C8H17NO4/c1-11-5-7(9)8(2-10)13-6-3-12-4-6/h6-8,10H,2-5,9H2,1H3. The van der Waals surface area contributed by atoms with Gasteiger partial charge in [-0.1, -0.05) is 0 Å². The number of nitrogens with two attached hydrogens (primary N) is 1. The van der Waals surface area contributed by atoms with Crippen LogP contribution in [0.4, 0.5) is 0 Å². The lowest BCUT2D eigenvalue weighted by Crippen LogP contribution is -2.48. The largest absolute Gasteiger partial charge is 0.394 e. The summed E-state index contributed by atoms with van der Waals surface area (Å²) in [4.78, 5) is 0. The second-order valence-electron chi connectivity index (χ2n) is 3.14. The Morgan fingerprint density at radius 2 is 2.31 bits per heavy atom. The van der Waals surface area contributed by atoms with Gasteiger partial charge >= 0.3 is 0 Å². The van der Waals surface area contributed by atoms with Gasteiger partial charge in [0.15, 0.2) is 0 Å². The van der Waals surface area contributed by atoms with Gasteiger partial charge in [-0.2, -0.15) is 0 Å². The van der Waals surface area contributed by atoms with Crippen LogP contribution in [0.25, 0.3) is 0 Å². The fourth-order valence-corrected chi connectivity index (χ4v) is 1.12. The molecule has 78 valence electrons. The van der Waals surface area contributed by atoms with Crippen molar-refractivity contribution in [1.82, 2.24) is 0 Å². The van der Waals surface area contributed by atoms with Gasteiger partial charge in [0.25, 0.3) is 0 Å². The first kappa shape index (κ1) is 10.9. The molecule has 2 atom stereocenters. The summed E-state index contributed by atoms with van der Waals surface area (Å²) in [6.45, 7) is 1.49. The third-order valence-electron chi connectivity index (χ3n) is 1.99.